The van der Waals surface area contributed by atoms with Gasteiger partial charge < -0.3 is 0 Å². The maximum absolute atomic E-state index is 11.3. The largest absolute Gasteiger partial charge is 0.273 e. The smallest absolute Gasteiger partial charge is 0.249 e. The molecule has 0 aromatic carbocycles. The Morgan fingerprint density at radius 1 is 0.882 bits per heavy atom. The van der Waals surface area contributed by atoms with Crippen LogP contribution in [0.5, 0.6) is 0 Å². The van der Waals surface area contributed by atoms with Gasteiger partial charge in [0.2, 0.25) is 11.8 Å². The van der Waals surface area contributed by atoms with E-state index in [-0.39, 0.29) is 6.42 Å². The Morgan fingerprint density at radius 3 is 1.53 bits per heavy atom. The van der Waals surface area contributed by atoms with Gasteiger partial charge in [-0.2, -0.15) is 10.2 Å². The van der Waals surface area contributed by atoms with Crippen LogP contribution in [-0.2, 0) is 9.59 Å². The molecule has 0 aromatic rings. The van der Waals surface area contributed by atoms with E-state index < -0.39 is 11.8 Å². The van der Waals surface area contributed by atoms with E-state index in [1.807, 2.05) is 13.8 Å². The summed E-state index contributed by atoms with van der Waals surface area (Å²) in [7, 11) is 0. The van der Waals surface area contributed by atoms with Crippen molar-refractivity contribution in [3.05, 3.63) is 0 Å². The molecule has 96 valence electrons. The monoisotopic (exact) mass is 240 g/mol. The molecule has 0 heterocycles. The number of carbonyl (C=O) groups is 2. The minimum atomic E-state index is -0.445. The second-order valence-corrected chi connectivity index (χ2v) is 3.65. The highest BCUT2D eigenvalue weighted by Gasteiger charge is 2.07. The molecule has 0 aliphatic carbocycles. The summed E-state index contributed by atoms with van der Waals surface area (Å²) in [5.41, 5.74) is 6.22. The summed E-state index contributed by atoms with van der Waals surface area (Å²) in [5, 5.41) is 7.62. The van der Waals surface area contributed by atoms with Crippen LogP contribution in [0.15, 0.2) is 10.2 Å². The fourth-order valence-electron chi connectivity index (χ4n) is 0.699. The molecule has 17 heavy (non-hydrogen) atoms. The van der Waals surface area contributed by atoms with Gasteiger partial charge in [0.1, 0.15) is 6.42 Å². The fraction of sp³-hybridized carbons (Fsp3) is 0.636. The van der Waals surface area contributed by atoms with Gasteiger partial charge in [0.25, 0.3) is 0 Å². The Balaban J connectivity index is 4.01. The molecule has 2 amide bonds. The van der Waals surface area contributed by atoms with Crippen LogP contribution in [0.4, 0.5) is 0 Å². The van der Waals surface area contributed by atoms with Gasteiger partial charge in [0, 0.05) is 11.4 Å². The van der Waals surface area contributed by atoms with Crippen LogP contribution in [0.25, 0.3) is 0 Å². The lowest BCUT2D eigenvalue weighted by atomic mass is 10.3. The molecule has 0 unspecified atom stereocenters. The summed E-state index contributed by atoms with van der Waals surface area (Å²) in [6.07, 6.45) is 1.24. The Hall–Kier alpha value is -1.72. The third-order valence-electron chi connectivity index (χ3n) is 2.09. The molecule has 0 atom stereocenters. The zero-order chi connectivity index (χ0) is 13.3. The molecular weight excluding hydrogens is 220 g/mol. The number of nitrogens with zero attached hydrogens (tertiary/aromatic N) is 2. The Morgan fingerprint density at radius 2 is 1.24 bits per heavy atom. The first-order valence-electron chi connectivity index (χ1n) is 5.63. The van der Waals surface area contributed by atoms with Crippen LogP contribution in [0, 0.1) is 0 Å². The minimum absolute atomic E-state index is 0.277. The van der Waals surface area contributed by atoms with E-state index in [1.165, 1.54) is 0 Å². The van der Waals surface area contributed by atoms with E-state index in [4.69, 9.17) is 0 Å². The van der Waals surface area contributed by atoms with E-state index in [9.17, 15) is 9.59 Å². The zero-order valence-corrected chi connectivity index (χ0v) is 10.8. The van der Waals surface area contributed by atoms with Gasteiger partial charge in [0.15, 0.2) is 0 Å². The Labute approximate surface area is 102 Å². The van der Waals surface area contributed by atoms with E-state index >= 15 is 0 Å². The summed E-state index contributed by atoms with van der Waals surface area (Å²) in [5.74, 6) is -0.890. The standard InChI is InChI=1S/C11H20N4O2/c1-5-8(3)12-14-10(16)7-11(17)15-13-9(4)6-2/h5-7H2,1-4H3,(H,14,16)(H,15,17)/b12-8-,13-9+. The normalized spacial score (nSPS) is 12.2. The zero-order valence-electron chi connectivity index (χ0n) is 10.8. The van der Waals surface area contributed by atoms with Crippen LogP contribution in [0.3, 0.4) is 0 Å². The number of amides is 2. The summed E-state index contributed by atoms with van der Waals surface area (Å²) in [4.78, 5) is 22.5. The molecule has 0 bridgehead atoms. The maximum atomic E-state index is 11.3. The molecule has 0 aliphatic rings. The average Bonchev–Trinajstić information content (AvgIpc) is 2.32. The quantitative estimate of drug-likeness (QED) is 0.415. The average molecular weight is 240 g/mol. The highest BCUT2D eigenvalue weighted by molar-refractivity contribution is 5.97. The van der Waals surface area contributed by atoms with Crippen molar-refractivity contribution in [2.24, 2.45) is 10.2 Å². The molecule has 0 saturated heterocycles. The van der Waals surface area contributed by atoms with Crippen molar-refractivity contribution < 1.29 is 9.59 Å². The summed E-state index contributed by atoms with van der Waals surface area (Å²) < 4.78 is 0. The van der Waals surface area contributed by atoms with Crippen molar-refractivity contribution in [2.45, 2.75) is 47.0 Å². The van der Waals surface area contributed by atoms with E-state index in [2.05, 4.69) is 21.1 Å². The minimum Gasteiger partial charge on any atom is -0.273 e. The topological polar surface area (TPSA) is 82.9 Å². The maximum Gasteiger partial charge on any atom is 0.249 e. The highest BCUT2D eigenvalue weighted by atomic mass is 16.2. The number of nitrogens with one attached hydrogen (secondary N) is 2. The summed E-state index contributed by atoms with van der Waals surface area (Å²) in [6.45, 7) is 7.46. The molecule has 6 heteroatoms. The van der Waals surface area contributed by atoms with Crippen molar-refractivity contribution in [1.82, 2.24) is 10.9 Å². The molecule has 0 fully saturated rings. The Kier molecular flexibility index (Phi) is 7.58. The van der Waals surface area contributed by atoms with E-state index in [0.29, 0.717) is 0 Å². The summed E-state index contributed by atoms with van der Waals surface area (Å²) in [6, 6.07) is 0. The molecular formula is C11H20N4O2. The predicted molar refractivity (Wildman–Crippen MR) is 67.7 cm³/mol. The van der Waals surface area contributed by atoms with Crippen molar-refractivity contribution >= 4 is 23.2 Å². The predicted octanol–water partition coefficient (Wildman–Crippen LogP) is 1.18. The van der Waals surface area contributed by atoms with E-state index in [1.54, 1.807) is 13.8 Å². The second-order valence-electron chi connectivity index (χ2n) is 3.65. The molecule has 0 radical (unpaired) electrons. The molecule has 0 saturated carbocycles. The first kappa shape index (κ1) is 15.3. The van der Waals surface area contributed by atoms with Gasteiger partial charge in [-0.25, -0.2) is 10.9 Å². The lowest BCUT2D eigenvalue weighted by molar-refractivity contribution is -0.129. The first-order valence-corrected chi connectivity index (χ1v) is 5.63. The fourth-order valence-corrected chi connectivity index (χ4v) is 0.699. The lowest BCUT2D eigenvalue weighted by Gasteiger charge is -2.01. The van der Waals surface area contributed by atoms with Gasteiger partial charge in [-0.15, -0.1) is 0 Å². The van der Waals surface area contributed by atoms with Crippen LogP contribution < -0.4 is 10.9 Å². The van der Waals surface area contributed by atoms with Crippen LogP contribution >= 0.6 is 0 Å². The van der Waals surface area contributed by atoms with Crippen molar-refractivity contribution in [3.63, 3.8) is 0 Å². The van der Waals surface area contributed by atoms with Gasteiger partial charge in [-0.1, -0.05) is 13.8 Å². The van der Waals surface area contributed by atoms with Crippen LogP contribution in [-0.4, -0.2) is 23.2 Å². The van der Waals surface area contributed by atoms with Gasteiger partial charge in [-0.3, -0.25) is 9.59 Å². The second kappa shape index (κ2) is 8.43. The number of hydrogen-bond acceptors (Lipinski definition) is 4. The number of hydrazone groups is 2. The highest BCUT2D eigenvalue weighted by Crippen LogP contribution is 1.86. The lowest BCUT2D eigenvalue weighted by Crippen LogP contribution is -2.28. The molecule has 0 spiro atoms. The molecule has 0 aliphatic heterocycles. The Bertz CT molecular complexity index is 302. The molecule has 2 N–H and O–H groups in total. The van der Waals surface area contributed by atoms with Crippen LogP contribution in [0.1, 0.15) is 47.0 Å². The van der Waals surface area contributed by atoms with Crippen LogP contribution in [0.2, 0.25) is 0 Å². The molecule has 6 nitrogen and oxygen atoms in total. The third kappa shape index (κ3) is 8.12. The van der Waals surface area contributed by atoms with Gasteiger partial charge >= 0.3 is 0 Å². The number of hydrogen-bond donors (Lipinski definition) is 2. The summed E-state index contributed by atoms with van der Waals surface area (Å²) >= 11 is 0. The number of carbonyl (C=O) groups excluding carboxylic acids is 2. The van der Waals surface area contributed by atoms with Crippen molar-refractivity contribution in [2.75, 3.05) is 0 Å². The number of rotatable bonds is 6. The molecule has 0 aromatic heterocycles. The van der Waals surface area contributed by atoms with Gasteiger partial charge in [-0.05, 0) is 26.7 Å². The van der Waals surface area contributed by atoms with Gasteiger partial charge in [0.05, 0.1) is 0 Å². The first-order chi connectivity index (χ1) is 7.99. The van der Waals surface area contributed by atoms with Crippen molar-refractivity contribution in [1.29, 1.82) is 0 Å². The molecule has 0 rings (SSSR count). The van der Waals surface area contributed by atoms with Crippen molar-refractivity contribution in [3.8, 4) is 0 Å². The van der Waals surface area contributed by atoms with E-state index in [0.717, 1.165) is 24.3 Å². The third-order valence-corrected chi connectivity index (χ3v) is 2.09. The SMILES string of the molecule is CC/C(C)=N\NC(=O)CC(=O)N/N=C(\C)CC.